The number of para-hydroxylation sites is 1. The van der Waals surface area contributed by atoms with Crippen molar-refractivity contribution in [3.05, 3.63) is 71.4 Å². The fourth-order valence-corrected chi connectivity index (χ4v) is 2.82. The van der Waals surface area contributed by atoms with E-state index in [-0.39, 0.29) is 5.56 Å². The fraction of sp³-hybridized carbons (Fsp3) is 0.211. The van der Waals surface area contributed by atoms with E-state index in [2.05, 4.69) is 10.3 Å². The van der Waals surface area contributed by atoms with Gasteiger partial charge in [0.2, 0.25) is 0 Å². The normalized spacial score (nSPS) is 11.7. The van der Waals surface area contributed by atoms with Crippen molar-refractivity contribution >= 4 is 16.8 Å². The van der Waals surface area contributed by atoms with Gasteiger partial charge in [-0.25, -0.2) is 8.78 Å². The number of benzene rings is 2. The molecule has 24 heavy (non-hydrogen) atoms. The molecule has 0 spiro atoms. The van der Waals surface area contributed by atoms with E-state index in [9.17, 15) is 13.6 Å². The Morgan fingerprint density at radius 2 is 1.88 bits per heavy atom. The van der Waals surface area contributed by atoms with Gasteiger partial charge in [0.05, 0.1) is 0 Å². The second-order valence-electron chi connectivity index (χ2n) is 6.50. The lowest BCUT2D eigenvalue weighted by atomic mass is 9.94. The van der Waals surface area contributed by atoms with E-state index in [4.69, 9.17) is 0 Å². The van der Waals surface area contributed by atoms with Gasteiger partial charge >= 0.3 is 0 Å². The lowest BCUT2D eigenvalue weighted by Gasteiger charge is -2.26. The van der Waals surface area contributed by atoms with Crippen molar-refractivity contribution in [3.8, 4) is 0 Å². The third-order valence-electron chi connectivity index (χ3n) is 3.94. The second kappa shape index (κ2) is 6.07. The molecular formula is C19H18F2N2O. The molecule has 0 fully saturated rings. The monoisotopic (exact) mass is 328 g/mol. The standard InChI is InChI=1S/C19H18F2N2O/c1-19(2,10-13-11-22-17-6-4-3-5-14(13)17)23-18(24)12-7-8-15(20)16(21)9-12/h3-9,11,22H,10H2,1-2H3,(H,23,24). The first-order valence-electron chi connectivity index (χ1n) is 7.68. The first-order valence-corrected chi connectivity index (χ1v) is 7.68. The lowest BCUT2D eigenvalue weighted by molar-refractivity contribution is 0.0912. The molecule has 5 heteroatoms. The van der Waals surface area contributed by atoms with Crippen LogP contribution in [-0.2, 0) is 6.42 Å². The molecule has 1 heterocycles. The number of rotatable bonds is 4. The van der Waals surface area contributed by atoms with E-state index in [0.29, 0.717) is 6.42 Å². The number of hydrogen-bond donors (Lipinski definition) is 2. The summed E-state index contributed by atoms with van der Waals surface area (Å²) >= 11 is 0. The van der Waals surface area contributed by atoms with Crippen LogP contribution in [0.3, 0.4) is 0 Å². The highest BCUT2D eigenvalue weighted by molar-refractivity contribution is 5.94. The first-order chi connectivity index (χ1) is 11.4. The van der Waals surface area contributed by atoms with Crippen molar-refractivity contribution in [1.29, 1.82) is 0 Å². The largest absolute Gasteiger partial charge is 0.361 e. The van der Waals surface area contributed by atoms with Crippen LogP contribution in [0.5, 0.6) is 0 Å². The molecule has 1 aromatic heterocycles. The molecule has 3 nitrogen and oxygen atoms in total. The number of nitrogens with one attached hydrogen (secondary N) is 2. The zero-order valence-electron chi connectivity index (χ0n) is 13.5. The summed E-state index contributed by atoms with van der Waals surface area (Å²) in [5.41, 5.74) is 1.67. The maximum atomic E-state index is 13.3. The molecule has 0 aliphatic carbocycles. The van der Waals surface area contributed by atoms with Crippen molar-refractivity contribution in [2.45, 2.75) is 25.8 Å². The van der Waals surface area contributed by atoms with Crippen LogP contribution in [0.15, 0.2) is 48.7 Å². The number of carbonyl (C=O) groups is 1. The SMILES string of the molecule is CC(C)(Cc1c[nH]c2ccccc12)NC(=O)c1ccc(F)c(F)c1. The summed E-state index contributed by atoms with van der Waals surface area (Å²) in [6.45, 7) is 3.79. The van der Waals surface area contributed by atoms with Gasteiger partial charge in [0.25, 0.3) is 5.91 Å². The van der Waals surface area contributed by atoms with Gasteiger partial charge in [-0.2, -0.15) is 0 Å². The molecule has 0 radical (unpaired) electrons. The minimum absolute atomic E-state index is 0.0981. The van der Waals surface area contributed by atoms with E-state index < -0.39 is 23.1 Å². The number of H-pyrrole nitrogens is 1. The minimum atomic E-state index is -1.03. The predicted molar refractivity (Wildman–Crippen MR) is 89.9 cm³/mol. The summed E-state index contributed by atoms with van der Waals surface area (Å²) in [4.78, 5) is 15.5. The van der Waals surface area contributed by atoms with Gasteiger partial charge < -0.3 is 10.3 Å². The van der Waals surface area contributed by atoms with Gasteiger partial charge in [0.1, 0.15) is 0 Å². The van der Waals surface area contributed by atoms with Crippen LogP contribution in [-0.4, -0.2) is 16.4 Å². The summed E-state index contributed by atoms with van der Waals surface area (Å²) in [6.07, 6.45) is 2.53. The smallest absolute Gasteiger partial charge is 0.251 e. The Morgan fingerprint density at radius 3 is 2.62 bits per heavy atom. The van der Waals surface area contributed by atoms with E-state index in [1.54, 1.807) is 0 Å². The molecule has 1 amide bonds. The highest BCUT2D eigenvalue weighted by Crippen LogP contribution is 2.22. The van der Waals surface area contributed by atoms with Gasteiger partial charge in [-0.05, 0) is 50.1 Å². The van der Waals surface area contributed by atoms with Crippen molar-refractivity contribution in [1.82, 2.24) is 10.3 Å². The average molecular weight is 328 g/mol. The van der Waals surface area contributed by atoms with E-state index in [0.717, 1.165) is 28.6 Å². The number of aromatic nitrogens is 1. The van der Waals surface area contributed by atoms with Gasteiger partial charge in [-0.15, -0.1) is 0 Å². The predicted octanol–water partition coefficient (Wildman–Crippen LogP) is 4.20. The Labute approximate surface area is 138 Å². The molecule has 2 aromatic carbocycles. The fourth-order valence-electron chi connectivity index (χ4n) is 2.82. The zero-order valence-corrected chi connectivity index (χ0v) is 13.5. The Balaban J connectivity index is 1.77. The van der Waals surface area contributed by atoms with Crippen LogP contribution < -0.4 is 5.32 Å². The highest BCUT2D eigenvalue weighted by atomic mass is 19.2. The maximum Gasteiger partial charge on any atom is 0.251 e. The molecule has 0 aliphatic heterocycles. The molecule has 0 aliphatic rings. The van der Waals surface area contributed by atoms with E-state index in [1.165, 1.54) is 6.07 Å². The third-order valence-corrected chi connectivity index (χ3v) is 3.94. The van der Waals surface area contributed by atoms with Gasteiger partial charge in [0, 0.05) is 28.2 Å². The number of carbonyl (C=O) groups excluding carboxylic acids is 1. The van der Waals surface area contributed by atoms with Crippen LogP contribution >= 0.6 is 0 Å². The topological polar surface area (TPSA) is 44.9 Å². The third kappa shape index (κ3) is 3.30. The molecule has 3 aromatic rings. The molecule has 0 unspecified atom stereocenters. The maximum absolute atomic E-state index is 13.3. The molecule has 0 saturated heterocycles. The number of halogens is 2. The van der Waals surface area contributed by atoms with Crippen LogP contribution in [0.25, 0.3) is 10.9 Å². The molecule has 2 N–H and O–H groups in total. The molecule has 124 valence electrons. The summed E-state index contributed by atoms with van der Waals surface area (Å²) < 4.78 is 26.3. The van der Waals surface area contributed by atoms with Gasteiger partial charge in [-0.3, -0.25) is 4.79 Å². The van der Waals surface area contributed by atoms with Gasteiger partial charge in [-0.1, -0.05) is 18.2 Å². The van der Waals surface area contributed by atoms with Crippen molar-refractivity contribution in [2.24, 2.45) is 0 Å². The zero-order chi connectivity index (χ0) is 17.3. The van der Waals surface area contributed by atoms with Crippen molar-refractivity contribution < 1.29 is 13.6 Å². The van der Waals surface area contributed by atoms with Crippen LogP contribution in [0, 0.1) is 11.6 Å². The number of amides is 1. The summed E-state index contributed by atoms with van der Waals surface area (Å²) in [5.74, 6) is -2.43. The molecule has 0 bridgehead atoms. The summed E-state index contributed by atoms with van der Waals surface area (Å²) in [7, 11) is 0. The van der Waals surface area contributed by atoms with E-state index in [1.807, 2.05) is 44.3 Å². The highest BCUT2D eigenvalue weighted by Gasteiger charge is 2.23. The lowest BCUT2D eigenvalue weighted by Crippen LogP contribution is -2.45. The van der Waals surface area contributed by atoms with Crippen LogP contribution in [0.1, 0.15) is 29.8 Å². The summed E-state index contributed by atoms with van der Waals surface area (Å²) in [5, 5.41) is 3.98. The summed E-state index contributed by atoms with van der Waals surface area (Å²) in [6, 6.07) is 11.1. The number of hydrogen-bond acceptors (Lipinski definition) is 1. The van der Waals surface area contributed by atoms with Crippen LogP contribution in [0.4, 0.5) is 8.78 Å². The van der Waals surface area contributed by atoms with Crippen molar-refractivity contribution in [3.63, 3.8) is 0 Å². The van der Waals surface area contributed by atoms with E-state index >= 15 is 0 Å². The quantitative estimate of drug-likeness (QED) is 0.741. The van der Waals surface area contributed by atoms with Crippen molar-refractivity contribution in [2.75, 3.05) is 0 Å². The Kier molecular flexibility index (Phi) is 4.09. The van der Waals surface area contributed by atoms with Gasteiger partial charge in [0.15, 0.2) is 11.6 Å². The average Bonchev–Trinajstić information content (AvgIpc) is 2.92. The molecule has 3 rings (SSSR count). The minimum Gasteiger partial charge on any atom is -0.361 e. The number of aromatic amines is 1. The molecular weight excluding hydrogens is 310 g/mol. The Bertz CT molecular complexity index is 899. The van der Waals surface area contributed by atoms with Crippen LogP contribution in [0.2, 0.25) is 0 Å². The number of fused-ring (bicyclic) bond motifs is 1. The first kappa shape index (κ1) is 16.2. The second-order valence-corrected chi connectivity index (χ2v) is 6.50. The Hall–Kier alpha value is -2.69. The Morgan fingerprint density at radius 1 is 1.12 bits per heavy atom. The molecule has 0 atom stereocenters. The molecule has 0 saturated carbocycles.